The van der Waals surface area contributed by atoms with Gasteiger partial charge >= 0.3 is 0 Å². The molecule has 2 atom stereocenters. The topological polar surface area (TPSA) is 12.0 Å². The summed E-state index contributed by atoms with van der Waals surface area (Å²) in [4.78, 5) is 0. The summed E-state index contributed by atoms with van der Waals surface area (Å²) in [6, 6.07) is 4.14. The van der Waals surface area contributed by atoms with Gasteiger partial charge in [-0.05, 0) is 62.1 Å². The van der Waals surface area contributed by atoms with E-state index in [1.165, 1.54) is 12.8 Å². The van der Waals surface area contributed by atoms with Gasteiger partial charge in [0.15, 0.2) is 11.6 Å². The molecule has 1 aromatic carbocycles. The monoisotopic (exact) mass is 251 g/mol. The number of hydrogen-bond acceptors (Lipinski definition) is 1. The summed E-state index contributed by atoms with van der Waals surface area (Å²) in [5.74, 6) is -0.627. The van der Waals surface area contributed by atoms with E-state index in [9.17, 15) is 8.78 Å². The molecule has 2 aliphatic rings. The third-order valence-corrected chi connectivity index (χ3v) is 4.37. The van der Waals surface area contributed by atoms with Crippen LogP contribution in [0.15, 0.2) is 12.1 Å². The molecule has 0 amide bonds. The zero-order valence-electron chi connectivity index (χ0n) is 10.7. The first-order chi connectivity index (χ1) is 8.66. The molecule has 0 bridgehead atoms. The molecule has 0 aliphatic heterocycles. The van der Waals surface area contributed by atoms with Crippen LogP contribution in [-0.2, 0) is 0 Å². The smallest absolute Gasteiger partial charge is 0.162 e. The normalized spacial score (nSPS) is 27.1. The summed E-state index contributed by atoms with van der Waals surface area (Å²) in [6.07, 6.45) is 4.64. The Kier molecular flexibility index (Phi) is 3.10. The molecule has 0 saturated heterocycles. The van der Waals surface area contributed by atoms with Crippen molar-refractivity contribution >= 4 is 0 Å². The summed E-state index contributed by atoms with van der Waals surface area (Å²) < 4.78 is 27.5. The van der Waals surface area contributed by atoms with E-state index in [2.05, 4.69) is 5.32 Å². The Bertz CT molecular complexity index is 454. The van der Waals surface area contributed by atoms with E-state index in [4.69, 9.17) is 0 Å². The lowest BCUT2D eigenvalue weighted by molar-refractivity contribution is 0.238. The highest BCUT2D eigenvalue weighted by Crippen LogP contribution is 2.43. The van der Waals surface area contributed by atoms with Gasteiger partial charge in [-0.15, -0.1) is 0 Å². The second kappa shape index (κ2) is 4.61. The quantitative estimate of drug-likeness (QED) is 0.863. The van der Waals surface area contributed by atoms with E-state index >= 15 is 0 Å². The first kappa shape index (κ1) is 12.1. The summed E-state index contributed by atoms with van der Waals surface area (Å²) in [7, 11) is 0. The fraction of sp³-hybridized carbons (Fsp3) is 0.600. The Morgan fingerprint density at radius 1 is 1.11 bits per heavy atom. The van der Waals surface area contributed by atoms with E-state index in [1.54, 1.807) is 19.1 Å². The summed E-state index contributed by atoms with van der Waals surface area (Å²) in [5, 5.41) is 3.49. The average Bonchev–Trinajstić information content (AvgIpc) is 3.12. The molecule has 2 fully saturated rings. The fourth-order valence-electron chi connectivity index (χ4n) is 2.78. The van der Waals surface area contributed by atoms with Gasteiger partial charge in [0.25, 0.3) is 0 Å². The highest BCUT2D eigenvalue weighted by atomic mass is 19.2. The van der Waals surface area contributed by atoms with Gasteiger partial charge in [-0.1, -0.05) is 12.1 Å². The standard InChI is InChI=1S/C15H19F2N/c1-9-2-6-13(15(17)14(9)16)12-7-3-10(12)8-18-11-4-5-11/h2,6,10-12,18H,3-5,7-8H2,1H3. The Morgan fingerprint density at radius 3 is 2.50 bits per heavy atom. The largest absolute Gasteiger partial charge is 0.314 e. The van der Waals surface area contributed by atoms with Crippen LogP contribution in [0.3, 0.4) is 0 Å². The molecule has 1 aromatic rings. The van der Waals surface area contributed by atoms with Crippen LogP contribution in [0, 0.1) is 24.5 Å². The minimum atomic E-state index is -0.673. The van der Waals surface area contributed by atoms with Gasteiger partial charge in [-0.3, -0.25) is 0 Å². The molecule has 1 nitrogen and oxygen atoms in total. The van der Waals surface area contributed by atoms with Crippen molar-refractivity contribution in [2.75, 3.05) is 6.54 Å². The molecule has 1 N–H and O–H groups in total. The number of nitrogens with one attached hydrogen (secondary N) is 1. The maximum atomic E-state index is 13.9. The van der Waals surface area contributed by atoms with Crippen molar-refractivity contribution in [1.82, 2.24) is 5.32 Å². The maximum absolute atomic E-state index is 13.9. The Morgan fingerprint density at radius 2 is 1.89 bits per heavy atom. The second-order valence-corrected chi connectivity index (χ2v) is 5.73. The van der Waals surface area contributed by atoms with E-state index in [1.807, 2.05) is 0 Å². The lowest BCUT2D eigenvalue weighted by Crippen LogP contribution is -2.35. The molecule has 18 heavy (non-hydrogen) atoms. The summed E-state index contributed by atoms with van der Waals surface area (Å²) >= 11 is 0. The van der Waals surface area contributed by atoms with Crippen LogP contribution in [0.4, 0.5) is 8.78 Å². The van der Waals surface area contributed by atoms with E-state index < -0.39 is 11.6 Å². The van der Waals surface area contributed by atoms with Gasteiger partial charge in [0.05, 0.1) is 0 Å². The van der Waals surface area contributed by atoms with Gasteiger partial charge < -0.3 is 5.32 Å². The minimum Gasteiger partial charge on any atom is -0.314 e. The van der Waals surface area contributed by atoms with Crippen LogP contribution < -0.4 is 5.32 Å². The minimum absolute atomic E-state index is 0.200. The highest BCUT2D eigenvalue weighted by Gasteiger charge is 2.35. The maximum Gasteiger partial charge on any atom is 0.162 e. The SMILES string of the molecule is Cc1ccc(C2CCC2CNC2CC2)c(F)c1F. The Labute approximate surface area is 107 Å². The lowest BCUT2D eigenvalue weighted by atomic mass is 9.69. The predicted octanol–water partition coefficient (Wildman–Crippen LogP) is 3.52. The van der Waals surface area contributed by atoms with Crippen LogP contribution in [0.25, 0.3) is 0 Å². The van der Waals surface area contributed by atoms with Crippen molar-refractivity contribution in [3.05, 3.63) is 34.9 Å². The molecule has 3 heteroatoms. The van der Waals surface area contributed by atoms with Crippen LogP contribution in [-0.4, -0.2) is 12.6 Å². The number of aryl methyl sites for hydroxylation is 1. The molecular formula is C15H19F2N. The third-order valence-electron chi connectivity index (χ3n) is 4.37. The predicted molar refractivity (Wildman–Crippen MR) is 67.6 cm³/mol. The zero-order chi connectivity index (χ0) is 12.7. The van der Waals surface area contributed by atoms with Crippen LogP contribution in [0.2, 0.25) is 0 Å². The second-order valence-electron chi connectivity index (χ2n) is 5.73. The van der Waals surface area contributed by atoms with Crippen LogP contribution in [0.1, 0.15) is 42.7 Å². The first-order valence-electron chi connectivity index (χ1n) is 6.84. The van der Waals surface area contributed by atoms with Crippen LogP contribution >= 0.6 is 0 Å². The van der Waals surface area contributed by atoms with Crippen molar-refractivity contribution < 1.29 is 8.78 Å². The number of rotatable bonds is 4. The van der Waals surface area contributed by atoms with Gasteiger partial charge in [-0.2, -0.15) is 0 Å². The molecule has 0 heterocycles. The highest BCUT2D eigenvalue weighted by molar-refractivity contribution is 5.30. The van der Waals surface area contributed by atoms with Crippen molar-refractivity contribution in [3.8, 4) is 0 Å². The molecule has 2 unspecified atom stereocenters. The van der Waals surface area contributed by atoms with Crippen LogP contribution in [0.5, 0.6) is 0 Å². The molecule has 0 aromatic heterocycles. The lowest BCUT2D eigenvalue weighted by Gasteiger charge is -2.37. The summed E-state index contributed by atoms with van der Waals surface area (Å²) in [6.45, 7) is 2.55. The van der Waals surface area contributed by atoms with Crippen molar-refractivity contribution in [3.63, 3.8) is 0 Å². The average molecular weight is 251 g/mol. The molecule has 2 aliphatic carbocycles. The van der Waals surface area contributed by atoms with Gasteiger partial charge in [0.2, 0.25) is 0 Å². The zero-order valence-corrected chi connectivity index (χ0v) is 10.7. The molecule has 3 rings (SSSR count). The number of hydrogen-bond donors (Lipinski definition) is 1. The molecule has 98 valence electrons. The first-order valence-corrected chi connectivity index (χ1v) is 6.84. The number of halogens is 2. The molecule has 0 radical (unpaired) electrons. The van der Waals surface area contributed by atoms with Crippen molar-refractivity contribution in [2.45, 2.75) is 44.6 Å². The van der Waals surface area contributed by atoms with Crippen molar-refractivity contribution in [2.24, 2.45) is 5.92 Å². The van der Waals surface area contributed by atoms with Crippen molar-refractivity contribution in [1.29, 1.82) is 0 Å². The Balaban J connectivity index is 1.71. The molecular weight excluding hydrogens is 232 g/mol. The van der Waals surface area contributed by atoms with Gasteiger partial charge in [-0.25, -0.2) is 8.78 Å². The van der Waals surface area contributed by atoms with Gasteiger partial charge in [0.1, 0.15) is 0 Å². The fourth-order valence-corrected chi connectivity index (χ4v) is 2.78. The van der Waals surface area contributed by atoms with Gasteiger partial charge in [0, 0.05) is 6.04 Å². The van der Waals surface area contributed by atoms with E-state index in [0.717, 1.165) is 19.4 Å². The summed E-state index contributed by atoms with van der Waals surface area (Å²) in [5.41, 5.74) is 0.968. The Hall–Kier alpha value is -0.960. The molecule has 0 spiro atoms. The number of benzene rings is 1. The van der Waals surface area contributed by atoms with E-state index in [0.29, 0.717) is 23.1 Å². The van der Waals surface area contributed by atoms with E-state index in [-0.39, 0.29) is 5.92 Å². The molecule has 2 saturated carbocycles. The third kappa shape index (κ3) is 2.16.